The topological polar surface area (TPSA) is 72.8 Å². The number of para-hydroxylation sites is 1. The molecule has 2 N–H and O–H groups in total. The Labute approximate surface area is 306 Å². The van der Waals surface area contributed by atoms with Crippen LogP contribution in [0.3, 0.4) is 0 Å². The Balaban J connectivity index is 1.25. The van der Waals surface area contributed by atoms with Gasteiger partial charge in [0, 0.05) is 67.9 Å². The zero-order chi connectivity index (χ0) is 34.1. The van der Waals surface area contributed by atoms with Crippen LogP contribution in [0, 0.1) is 17.4 Å². The van der Waals surface area contributed by atoms with E-state index in [1.807, 2.05) is 55.9 Å². The molecule has 48 heavy (non-hydrogen) atoms. The Kier molecular flexibility index (Phi) is 8.78. The summed E-state index contributed by atoms with van der Waals surface area (Å²) in [5.41, 5.74) is 14.8. The van der Waals surface area contributed by atoms with Gasteiger partial charge in [-0.2, -0.15) is 0 Å². The summed E-state index contributed by atoms with van der Waals surface area (Å²) in [6, 6.07) is 14.7. The molecule has 0 radical (unpaired) electrons. The summed E-state index contributed by atoms with van der Waals surface area (Å²) in [5.74, 6) is 0. The van der Waals surface area contributed by atoms with Gasteiger partial charge in [0.05, 0.1) is 22.9 Å². The molecule has 5 aromatic rings. The molecule has 0 fully saturated rings. The maximum absolute atomic E-state index is 16.6. The van der Waals surface area contributed by atoms with Gasteiger partial charge in [-0.15, -0.1) is 5.10 Å². The van der Waals surface area contributed by atoms with Gasteiger partial charge in [0.15, 0.2) is 11.4 Å². The van der Waals surface area contributed by atoms with Crippen molar-refractivity contribution in [1.29, 1.82) is 0 Å². The highest BCUT2D eigenvalue weighted by molar-refractivity contribution is 14.1. The molecule has 7 rings (SSSR count). The third kappa shape index (κ3) is 5.31. The molecular weight excluding hydrogens is 835 g/mol. The first-order valence-corrected chi connectivity index (χ1v) is 18.2. The largest absolute Gasteiger partial charge is 0.737 e. The van der Waals surface area contributed by atoms with Crippen molar-refractivity contribution in [3.63, 3.8) is 0 Å². The van der Waals surface area contributed by atoms with Crippen molar-refractivity contribution in [3.8, 4) is 0 Å². The van der Waals surface area contributed by atoms with Crippen molar-refractivity contribution in [3.05, 3.63) is 101 Å². The van der Waals surface area contributed by atoms with E-state index in [1.165, 1.54) is 8.96 Å². The molecule has 0 amide bonds. The highest BCUT2D eigenvalue weighted by Crippen LogP contribution is 2.45. The molecule has 2 aromatic carbocycles. The highest BCUT2D eigenvalue weighted by atomic mass is 127. The lowest BCUT2D eigenvalue weighted by Gasteiger charge is -2.32. The van der Waals surface area contributed by atoms with E-state index in [9.17, 15) is 0 Å². The van der Waals surface area contributed by atoms with Crippen LogP contribution in [0.25, 0.3) is 33.5 Å². The molecule has 0 bridgehead atoms. The molecule has 0 saturated heterocycles. The third-order valence-electron chi connectivity index (χ3n) is 9.70. The molecular formula is C35H37BF2I2N8. The molecule has 0 spiro atoms. The average molecular weight is 872 g/mol. The Morgan fingerprint density at radius 3 is 2.50 bits per heavy atom. The van der Waals surface area contributed by atoms with Crippen molar-refractivity contribution in [2.75, 3.05) is 26.7 Å². The van der Waals surface area contributed by atoms with Crippen molar-refractivity contribution < 1.29 is 13.1 Å². The van der Waals surface area contributed by atoms with Crippen LogP contribution in [-0.2, 0) is 13.1 Å². The molecule has 0 aliphatic carbocycles. The second kappa shape index (κ2) is 12.6. The maximum Gasteiger partial charge on any atom is 0.737 e. The summed E-state index contributed by atoms with van der Waals surface area (Å²) in [6.45, 7) is 7.19. The van der Waals surface area contributed by atoms with Crippen LogP contribution in [0.5, 0.6) is 0 Å². The van der Waals surface area contributed by atoms with Gasteiger partial charge < -0.3 is 32.8 Å². The standard InChI is InChI=1S/C35H37BF2I2N8/c1-21-32(39)24(4)47-34(21)23(3)35-22(2)33(40)31(48(35)36(47,37)38)13-11-25-10-12-30-28(18-25)27-8-6-7-9-29(27)46(30)20-26-19-45(43-42-26)17-16-44(5)15-14-41/h6-13,18-19H,14-17,20,41H2,1-5H3/b13-11+. The predicted molar refractivity (Wildman–Crippen MR) is 209 cm³/mol. The van der Waals surface area contributed by atoms with E-state index >= 15 is 8.63 Å². The lowest BCUT2D eigenvalue weighted by atomic mass is 9.86. The van der Waals surface area contributed by atoms with Gasteiger partial charge in [-0.1, -0.05) is 29.5 Å². The molecule has 2 aliphatic rings. The van der Waals surface area contributed by atoms with Crippen LogP contribution in [0.4, 0.5) is 8.63 Å². The van der Waals surface area contributed by atoms with Gasteiger partial charge in [-0.3, -0.25) is 4.68 Å². The molecule has 2 aliphatic heterocycles. The number of benzene rings is 2. The number of fused-ring (bicyclic) bond motifs is 5. The van der Waals surface area contributed by atoms with Crippen LogP contribution in [0.2, 0.25) is 0 Å². The van der Waals surface area contributed by atoms with Gasteiger partial charge in [0.1, 0.15) is 5.69 Å². The van der Waals surface area contributed by atoms with Crippen LogP contribution < -0.4 is 5.73 Å². The number of aromatic nitrogens is 5. The van der Waals surface area contributed by atoms with E-state index in [4.69, 9.17) is 5.73 Å². The number of hydrogen-bond donors (Lipinski definition) is 1. The number of hydrogen-bond acceptors (Lipinski definition) is 4. The first kappa shape index (κ1) is 33.4. The molecule has 3 aromatic heterocycles. The maximum atomic E-state index is 16.6. The first-order valence-electron chi connectivity index (χ1n) is 16.0. The van der Waals surface area contributed by atoms with E-state index < -0.39 is 6.97 Å². The third-order valence-corrected chi connectivity index (χ3v) is 12.7. The normalized spacial score (nSPS) is 16.1. The first-order chi connectivity index (χ1) is 22.9. The summed E-state index contributed by atoms with van der Waals surface area (Å²) < 4.78 is 41.6. The van der Waals surface area contributed by atoms with Crippen molar-refractivity contribution >= 4 is 91.3 Å². The van der Waals surface area contributed by atoms with Crippen LogP contribution in [0.1, 0.15) is 42.1 Å². The number of rotatable bonds is 9. The minimum atomic E-state index is -4.09. The Morgan fingerprint density at radius 1 is 0.979 bits per heavy atom. The minimum absolute atomic E-state index is 0.527. The predicted octanol–water partition coefficient (Wildman–Crippen LogP) is 7.20. The lowest BCUT2D eigenvalue weighted by Crippen LogP contribution is -2.51. The molecule has 13 heteroatoms. The Bertz CT molecular complexity index is 2250. The van der Waals surface area contributed by atoms with Crippen molar-refractivity contribution in [1.82, 2.24) is 28.9 Å². The second-order valence-corrected chi connectivity index (χ2v) is 14.9. The average Bonchev–Trinajstić information content (AvgIpc) is 3.78. The van der Waals surface area contributed by atoms with Crippen LogP contribution in [0.15, 0.2) is 69.6 Å². The van der Waals surface area contributed by atoms with Gasteiger partial charge in [0.2, 0.25) is 0 Å². The van der Waals surface area contributed by atoms with Gasteiger partial charge in [0.25, 0.3) is 0 Å². The number of nitrogens with two attached hydrogens (primary N) is 1. The Hall–Kier alpha value is -3.15. The summed E-state index contributed by atoms with van der Waals surface area (Å²) >= 11 is 4.42. The molecule has 248 valence electrons. The molecule has 0 atom stereocenters. The SMILES string of the molecule is CC1=C(I)C(/C=C/c2ccc3c(c2)c2ccccc2n3Cc2cn(CCN(C)CCN)nn2)=[N+]2C1=C(C)c1c(C)c(I)c(C)n1[B-]2(F)F. The van der Waals surface area contributed by atoms with E-state index in [2.05, 4.69) is 102 Å². The highest BCUT2D eigenvalue weighted by Gasteiger charge is 2.56. The summed E-state index contributed by atoms with van der Waals surface area (Å²) in [6.07, 6.45) is 5.82. The van der Waals surface area contributed by atoms with E-state index in [1.54, 1.807) is 6.92 Å². The van der Waals surface area contributed by atoms with E-state index in [0.717, 1.165) is 76.6 Å². The summed E-state index contributed by atoms with van der Waals surface area (Å²) in [5, 5.41) is 11.1. The number of allylic oxidation sites excluding steroid dienone is 4. The van der Waals surface area contributed by atoms with Gasteiger partial charge in [-0.05, 0) is 121 Å². The Morgan fingerprint density at radius 2 is 1.73 bits per heavy atom. The molecule has 0 saturated carbocycles. The van der Waals surface area contributed by atoms with Crippen LogP contribution >= 0.6 is 45.2 Å². The number of halogens is 4. The van der Waals surface area contributed by atoms with Crippen LogP contribution in [-0.4, -0.2) is 72.8 Å². The zero-order valence-corrected chi connectivity index (χ0v) is 31.9. The summed E-state index contributed by atoms with van der Waals surface area (Å²) in [4.78, 5) is 2.18. The van der Waals surface area contributed by atoms with Gasteiger partial charge in [-0.25, -0.2) is 0 Å². The quantitative estimate of drug-likeness (QED) is 0.126. The van der Waals surface area contributed by atoms with Crippen molar-refractivity contribution in [2.45, 2.75) is 40.8 Å². The fraction of sp³-hybridized carbons (Fsp3) is 0.286. The summed E-state index contributed by atoms with van der Waals surface area (Å²) in [7, 11) is 2.05. The fourth-order valence-corrected chi connectivity index (χ4v) is 8.57. The van der Waals surface area contributed by atoms with E-state index in [0.29, 0.717) is 35.9 Å². The fourth-order valence-electron chi connectivity index (χ4n) is 7.36. The minimum Gasteiger partial charge on any atom is -0.393 e. The smallest absolute Gasteiger partial charge is 0.393 e. The number of likely N-dealkylation sites (N-methyl/N-ethyl adjacent to an activating group) is 1. The monoisotopic (exact) mass is 872 g/mol. The van der Waals surface area contributed by atoms with Crippen molar-refractivity contribution in [2.24, 2.45) is 5.73 Å². The lowest BCUT2D eigenvalue weighted by molar-refractivity contribution is -0.362. The molecule has 5 heterocycles. The number of nitrogens with zero attached hydrogens (tertiary/aromatic N) is 7. The van der Waals surface area contributed by atoms with E-state index in [-0.39, 0.29) is 0 Å². The second-order valence-electron chi connectivity index (χ2n) is 12.8. The molecule has 8 nitrogen and oxygen atoms in total. The molecule has 0 unspecified atom stereocenters. The van der Waals surface area contributed by atoms with Gasteiger partial charge >= 0.3 is 6.97 Å². The zero-order valence-electron chi connectivity index (χ0n) is 27.6.